The zero-order valence-electron chi connectivity index (χ0n) is 14.6. The quantitative estimate of drug-likeness (QED) is 0.578. The first-order valence-corrected chi connectivity index (χ1v) is 9.25. The molecule has 0 saturated heterocycles. The van der Waals surface area contributed by atoms with Crippen LogP contribution in [-0.4, -0.2) is 16.1 Å². The number of hydrogen-bond donors (Lipinski definition) is 3. The Morgan fingerprint density at radius 2 is 1.96 bits per heavy atom. The molecule has 3 N–H and O–H groups in total. The van der Waals surface area contributed by atoms with Gasteiger partial charge in [0, 0.05) is 27.4 Å². The van der Waals surface area contributed by atoms with Crippen molar-refractivity contribution in [3.8, 4) is 0 Å². The number of carbonyl (C=O) groups excluding carboxylic acids is 1. The monoisotopic (exact) mass is 404 g/mol. The van der Waals surface area contributed by atoms with Crippen LogP contribution in [0.3, 0.4) is 0 Å². The van der Waals surface area contributed by atoms with E-state index in [1.165, 1.54) is 23.5 Å². The molecule has 1 amide bonds. The summed E-state index contributed by atoms with van der Waals surface area (Å²) in [6, 6.07) is 8.23. The van der Waals surface area contributed by atoms with Gasteiger partial charge in [-0.1, -0.05) is 6.07 Å². The van der Waals surface area contributed by atoms with E-state index in [1.807, 2.05) is 17.5 Å². The molecular formula is C19H15F3N4OS. The van der Waals surface area contributed by atoms with Crippen LogP contribution in [0.2, 0.25) is 0 Å². The molecule has 144 valence electrons. The van der Waals surface area contributed by atoms with Crippen LogP contribution in [0.1, 0.15) is 28.8 Å². The minimum atomic E-state index is -4.42. The highest BCUT2D eigenvalue weighted by molar-refractivity contribution is 7.10. The van der Waals surface area contributed by atoms with Gasteiger partial charge in [-0.05, 0) is 42.6 Å². The van der Waals surface area contributed by atoms with Crippen LogP contribution >= 0.6 is 11.3 Å². The summed E-state index contributed by atoms with van der Waals surface area (Å²) in [4.78, 5) is 14.0. The van der Waals surface area contributed by atoms with E-state index in [1.54, 1.807) is 13.1 Å². The number of anilines is 2. The lowest BCUT2D eigenvalue weighted by Gasteiger charge is -2.27. The van der Waals surface area contributed by atoms with Crippen LogP contribution in [0.15, 0.2) is 59.2 Å². The van der Waals surface area contributed by atoms with Gasteiger partial charge in [-0.25, -0.2) is 0 Å². The van der Waals surface area contributed by atoms with Gasteiger partial charge in [0.15, 0.2) is 0 Å². The molecule has 28 heavy (non-hydrogen) atoms. The molecule has 1 aliphatic heterocycles. The number of allylic oxidation sites excluding steroid dienone is 1. The first-order chi connectivity index (χ1) is 13.3. The molecule has 2 aromatic heterocycles. The highest BCUT2D eigenvalue weighted by Crippen LogP contribution is 2.42. The fourth-order valence-electron chi connectivity index (χ4n) is 3.23. The molecule has 0 radical (unpaired) electrons. The molecule has 1 atom stereocenters. The number of rotatable bonds is 3. The number of hydrogen-bond acceptors (Lipinski definition) is 4. The number of fused-ring (bicyclic) bond motifs is 1. The molecule has 3 heterocycles. The molecule has 0 saturated carbocycles. The molecule has 5 nitrogen and oxygen atoms in total. The Bertz CT molecular complexity index is 1040. The molecule has 9 heteroatoms. The zero-order chi connectivity index (χ0) is 19.9. The van der Waals surface area contributed by atoms with Crippen LogP contribution in [0.25, 0.3) is 0 Å². The summed E-state index contributed by atoms with van der Waals surface area (Å²) in [6.45, 7) is 1.78. The van der Waals surface area contributed by atoms with E-state index in [2.05, 4.69) is 20.8 Å². The Morgan fingerprint density at radius 1 is 1.21 bits per heavy atom. The van der Waals surface area contributed by atoms with Gasteiger partial charge in [0.2, 0.25) is 0 Å². The lowest BCUT2D eigenvalue weighted by Crippen LogP contribution is -2.26. The zero-order valence-corrected chi connectivity index (χ0v) is 15.4. The van der Waals surface area contributed by atoms with Gasteiger partial charge in [-0.3, -0.25) is 9.89 Å². The molecular weight excluding hydrogens is 389 g/mol. The third-order valence-electron chi connectivity index (χ3n) is 4.53. The van der Waals surface area contributed by atoms with Gasteiger partial charge < -0.3 is 10.6 Å². The van der Waals surface area contributed by atoms with Gasteiger partial charge in [-0.2, -0.15) is 18.3 Å². The summed E-state index contributed by atoms with van der Waals surface area (Å²) in [5.41, 5.74) is 1.52. The van der Waals surface area contributed by atoms with Crippen LogP contribution in [0.5, 0.6) is 0 Å². The molecule has 0 bridgehead atoms. The minimum absolute atomic E-state index is 0.293. The molecule has 1 aromatic carbocycles. The number of nitrogens with zero attached hydrogens (tertiary/aromatic N) is 1. The predicted octanol–water partition coefficient (Wildman–Crippen LogP) is 4.96. The second-order valence-corrected chi connectivity index (χ2v) is 7.32. The normalized spacial score (nSPS) is 16.5. The van der Waals surface area contributed by atoms with Gasteiger partial charge in [0.1, 0.15) is 5.82 Å². The molecule has 0 spiro atoms. The molecule has 1 unspecified atom stereocenters. The van der Waals surface area contributed by atoms with Gasteiger partial charge >= 0.3 is 6.18 Å². The van der Waals surface area contributed by atoms with Gasteiger partial charge in [0.25, 0.3) is 5.91 Å². The standard InChI is InChI=1S/C19H15F3N4OS/c1-10-15(18(27)25-12-6-4-11(5-7-12)19(20,21)22)16(14-3-2-8-28-14)13-9-23-26-17(13)24-10/h2-9,16H,1H3,(H,25,27)(H2,23,24,26). The molecule has 0 fully saturated rings. The fraction of sp³-hybridized carbons (Fsp3) is 0.158. The maximum Gasteiger partial charge on any atom is 0.416 e. The van der Waals surface area contributed by atoms with Crippen molar-refractivity contribution in [3.63, 3.8) is 0 Å². The molecule has 3 aromatic rings. The van der Waals surface area contributed by atoms with Crippen molar-refractivity contribution >= 4 is 28.7 Å². The Kier molecular flexibility index (Phi) is 4.46. The summed E-state index contributed by atoms with van der Waals surface area (Å²) in [6.07, 6.45) is -2.75. The number of aromatic nitrogens is 2. The van der Waals surface area contributed by atoms with E-state index in [0.29, 0.717) is 17.0 Å². The van der Waals surface area contributed by atoms with E-state index in [9.17, 15) is 18.0 Å². The Hall–Kier alpha value is -3.07. The average Bonchev–Trinajstić information content (AvgIpc) is 3.31. The number of H-pyrrole nitrogens is 1. The second-order valence-electron chi connectivity index (χ2n) is 6.34. The number of benzene rings is 1. The summed E-state index contributed by atoms with van der Waals surface area (Å²) in [5.74, 6) is 0.0291. The Morgan fingerprint density at radius 3 is 2.61 bits per heavy atom. The van der Waals surface area contributed by atoms with Gasteiger partial charge in [0.05, 0.1) is 17.7 Å². The topological polar surface area (TPSA) is 69.8 Å². The predicted molar refractivity (Wildman–Crippen MR) is 101 cm³/mol. The van der Waals surface area contributed by atoms with E-state index >= 15 is 0 Å². The summed E-state index contributed by atoms with van der Waals surface area (Å²) in [5, 5.41) is 14.7. The maximum atomic E-state index is 13.0. The maximum absolute atomic E-state index is 13.0. The number of amides is 1. The smallest absolute Gasteiger partial charge is 0.344 e. The molecule has 1 aliphatic rings. The largest absolute Gasteiger partial charge is 0.416 e. The lowest BCUT2D eigenvalue weighted by atomic mass is 9.86. The van der Waals surface area contributed by atoms with E-state index in [-0.39, 0.29) is 11.8 Å². The minimum Gasteiger partial charge on any atom is -0.344 e. The van der Waals surface area contributed by atoms with Crippen LogP contribution in [-0.2, 0) is 11.0 Å². The van der Waals surface area contributed by atoms with E-state index in [0.717, 1.165) is 28.4 Å². The summed E-state index contributed by atoms with van der Waals surface area (Å²) in [7, 11) is 0. The number of halogens is 3. The van der Waals surface area contributed by atoms with Crippen molar-refractivity contribution in [2.24, 2.45) is 0 Å². The summed E-state index contributed by atoms with van der Waals surface area (Å²) < 4.78 is 38.2. The average molecular weight is 404 g/mol. The first kappa shape index (κ1) is 18.3. The SMILES string of the molecule is CC1=C(C(=O)Nc2ccc(C(F)(F)F)cc2)C(c2cccs2)c2cn[nH]c2N1. The Labute approximate surface area is 162 Å². The highest BCUT2D eigenvalue weighted by Gasteiger charge is 2.34. The van der Waals surface area contributed by atoms with E-state index in [4.69, 9.17) is 0 Å². The van der Waals surface area contributed by atoms with Crippen LogP contribution < -0.4 is 10.6 Å². The molecule has 0 aliphatic carbocycles. The van der Waals surface area contributed by atoms with Crippen molar-refractivity contribution in [3.05, 3.63) is 75.2 Å². The third kappa shape index (κ3) is 3.29. The number of aromatic amines is 1. The second kappa shape index (κ2) is 6.83. The first-order valence-electron chi connectivity index (χ1n) is 8.37. The Balaban J connectivity index is 1.65. The van der Waals surface area contributed by atoms with Crippen LogP contribution in [0, 0.1) is 0 Å². The lowest BCUT2D eigenvalue weighted by molar-refractivity contribution is -0.137. The molecule has 4 rings (SSSR count). The highest BCUT2D eigenvalue weighted by atomic mass is 32.1. The third-order valence-corrected chi connectivity index (χ3v) is 5.46. The van der Waals surface area contributed by atoms with Crippen molar-refractivity contribution in [1.29, 1.82) is 0 Å². The van der Waals surface area contributed by atoms with Crippen molar-refractivity contribution in [2.75, 3.05) is 10.6 Å². The number of carbonyl (C=O) groups is 1. The van der Waals surface area contributed by atoms with Crippen molar-refractivity contribution in [1.82, 2.24) is 10.2 Å². The fourth-order valence-corrected chi connectivity index (χ4v) is 4.09. The number of alkyl halides is 3. The van der Waals surface area contributed by atoms with Crippen molar-refractivity contribution < 1.29 is 18.0 Å². The van der Waals surface area contributed by atoms with Crippen LogP contribution in [0.4, 0.5) is 24.7 Å². The van der Waals surface area contributed by atoms with E-state index < -0.39 is 11.7 Å². The van der Waals surface area contributed by atoms with Gasteiger partial charge in [-0.15, -0.1) is 11.3 Å². The number of nitrogens with one attached hydrogen (secondary N) is 3. The number of thiophene rings is 1. The summed E-state index contributed by atoms with van der Waals surface area (Å²) >= 11 is 1.52. The van der Waals surface area contributed by atoms with Crippen molar-refractivity contribution in [2.45, 2.75) is 19.0 Å².